The largest absolute Gasteiger partial charge is 0.491 e. The molecule has 0 amide bonds. The fraction of sp³-hybridized carbons (Fsp3) is 0.696. The average Bonchev–Trinajstić information content (AvgIpc) is 3.49. The Kier molecular flexibility index (Phi) is 4.86. The van der Waals surface area contributed by atoms with E-state index in [0.29, 0.717) is 22.3 Å². The molecule has 0 aromatic heterocycles. The smallest absolute Gasteiger partial charge is 0.309 e. The van der Waals surface area contributed by atoms with Gasteiger partial charge in [0.25, 0.3) is 0 Å². The first kappa shape index (κ1) is 20.0. The van der Waals surface area contributed by atoms with Crippen molar-refractivity contribution >= 4 is 29.3 Å². The molecular weight excluding hydrogens is 411 g/mol. The molecule has 6 heteroatoms. The van der Waals surface area contributed by atoms with Crippen LogP contribution in [0.1, 0.15) is 51.9 Å². The first-order valence-corrected chi connectivity index (χ1v) is 12.0. The second-order valence-electron chi connectivity index (χ2n) is 9.97. The molecular formula is C23H28ClFO3S. The average molecular weight is 439 g/mol. The van der Waals surface area contributed by atoms with Gasteiger partial charge in [0.05, 0.1) is 24.7 Å². The molecule has 4 saturated carbocycles. The standard InChI is InChI=1S/C23H28ClFO3S/c1-22(8-13-10-23(13)11-14(23)9-22)12-28-18-7-17(25)20(6-16(18)24)29-19-5-3-4-15(19)21(26)27-2/h6-7,13-15,19H,3-5,8-12H2,1-2H3/t13-,14+,15?,19?,22?,23?. The lowest BCUT2D eigenvalue weighted by Crippen LogP contribution is -2.29. The van der Waals surface area contributed by atoms with Gasteiger partial charge >= 0.3 is 5.97 Å². The predicted octanol–water partition coefficient (Wildman–Crippen LogP) is 6.12. The topological polar surface area (TPSA) is 35.5 Å². The molecule has 4 aliphatic carbocycles. The molecule has 4 unspecified atom stereocenters. The van der Waals surface area contributed by atoms with E-state index in [1.807, 2.05) is 0 Å². The summed E-state index contributed by atoms with van der Waals surface area (Å²) in [5, 5.41) is 0.464. The van der Waals surface area contributed by atoms with Crippen LogP contribution >= 0.6 is 23.4 Å². The summed E-state index contributed by atoms with van der Waals surface area (Å²) in [4.78, 5) is 12.4. The quantitative estimate of drug-likeness (QED) is 0.501. The zero-order valence-electron chi connectivity index (χ0n) is 17.0. The van der Waals surface area contributed by atoms with Crippen molar-refractivity contribution in [1.29, 1.82) is 0 Å². The molecule has 4 fully saturated rings. The Morgan fingerprint density at radius 2 is 1.97 bits per heavy atom. The van der Waals surface area contributed by atoms with Gasteiger partial charge in [-0.05, 0) is 61.8 Å². The zero-order valence-corrected chi connectivity index (χ0v) is 18.6. The summed E-state index contributed by atoms with van der Waals surface area (Å²) in [5.41, 5.74) is 0.890. The van der Waals surface area contributed by atoms with E-state index in [1.165, 1.54) is 50.6 Å². The van der Waals surface area contributed by atoms with Crippen LogP contribution in [0.3, 0.4) is 0 Å². The number of carbonyl (C=O) groups is 1. The first-order valence-electron chi connectivity index (χ1n) is 10.7. The minimum absolute atomic E-state index is 0.0262. The van der Waals surface area contributed by atoms with Crippen LogP contribution in [0.4, 0.5) is 4.39 Å². The third-order valence-electron chi connectivity index (χ3n) is 7.83. The number of rotatable bonds is 6. The Labute approximate surface area is 181 Å². The summed E-state index contributed by atoms with van der Waals surface area (Å²) in [6, 6.07) is 3.07. The molecule has 0 bridgehead atoms. The molecule has 1 aromatic rings. The lowest BCUT2D eigenvalue weighted by Gasteiger charge is -2.33. The first-order chi connectivity index (χ1) is 13.8. The van der Waals surface area contributed by atoms with Gasteiger partial charge in [-0.15, -0.1) is 11.8 Å². The molecule has 5 rings (SSSR count). The number of methoxy groups -OCH3 is 1. The Morgan fingerprint density at radius 1 is 1.24 bits per heavy atom. The van der Waals surface area contributed by atoms with E-state index in [1.54, 1.807) is 6.07 Å². The molecule has 0 N–H and O–H groups in total. The maximum Gasteiger partial charge on any atom is 0.309 e. The van der Waals surface area contributed by atoms with Gasteiger partial charge in [0.2, 0.25) is 0 Å². The molecule has 6 atom stereocenters. The van der Waals surface area contributed by atoms with E-state index >= 15 is 0 Å². The normalized spacial score (nSPS) is 39.4. The van der Waals surface area contributed by atoms with Gasteiger partial charge in [0.15, 0.2) is 0 Å². The number of halogens is 2. The van der Waals surface area contributed by atoms with Gasteiger partial charge in [0.1, 0.15) is 11.6 Å². The van der Waals surface area contributed by atoms with E-state index in [-0.39, 0.29) is 28.4 Å². The van der Waals surface area contributed by atoms with Crippen LogP contribution in [-0.4, -0.2) is 24.9 Å². The number of ether oxygens (including phenoxy) is 2. The van der Waals surface area contributed by atoms with Crippen LogP contribution in [0.5, 0.6) is 5.75 Å². The van der Waals surface area contributed by atoms with Crippen LogP contribution < -0.4 is 4.74 Å². The SMILES string of the molecule is COC(=O)C1CCCC1Sc1cc(Cl)c(OCC2(C)C[C@@H]3CC34C[C@@H]4C2)cc1F. The zero-order chi connectivity index (χ0) is 20.4. The summed E-state index contributed by atoms with van der Waals surface area (Å²) >= 11 is 7.85. The van der Waals surface area contributed by atoms with Crippen molar-refractivity contribution in [3.8, 4) is 5.75 Å². The molecule has 0 aliphatic heterocycles. The van der Waals surface area contributed by atoms with Crippen molar-refractivity contribution in [3.05, 3.63) is 23.0 Å². The molecule has 1 spiro atoms. The highest BCUT2D eigenvalue weighted by Gasteiger charge is 2.73. The van der Waals surface area contributed by atoms with E-state index in [2.05, 4.69) is 6.92 Å². The van der Waals surface area contributed by atoms with Crippen LogP contribution in [0.25, 0.3) is 0 Å². The Hall–Kier alpha value is -0.940. The highest BCUT2D eigenvalue weighted by atomic mass is 35.5. The summed E-state index contributed by atoms with van der Waals surface area (Å²) < 4.78 is 25.8. The third kappa shape index (κ3) is 3.56. The molecule has 4 aliphatic rings. The van der Waals surface area contributed by atoms with Gasteiger partial charge in [-0.2, -0.15) is 0 Å². The van der Waals surface area contributed by atoms with Crippen molar-refractivity contribution in [2.45, 2.75) is 62.0 Å². The van der Waals surface area contributed by atoms with Gasteiger partial charge in [-0.25, -0.2) is 4.39 Å². The fourth-order valence-corrected chi connectivity index (χ4v) is 7.77. The summed E-state index contributed by atoms with van der Waals surface area (Å²) in [5.74, 6) is 1.48. The maximum atomic E-state index is 14.8. The third-order valence-corrected chi connectivity index (χ3v) is 9.56. The highest BCUT2D eigenvalue weighted by molar-refractivity contribution is 8.00. The molecule has 0 radical (unpaired) electrons. The minimum Gasteiger partial charge on any atom is -0.491 e. The van der Waals surface area contributed by atoms with Crippen molar-refractivity contribution in [2.24, 2.45) is 28.6 Å². The molecule has 1 aromatic carbocycles. The molecule has 29 heavy (non-hydrogen) atoms. The summed E-state index contributed by atoms with van der Waals surface area (Å²) in [7, 11) is 1.41. The van der Waals surface area contributed by atoms with Crippen molar-refractivity contribution in [2.75, 3.05) is 13.7 Å². The number of benzene rings is 1. The van der Waals surface area contributed by atoms with Gasteiger partial charge in [0, 0.05) is 21.6 Å². The summed E-state index contributed by atoms with van der Waals surface area (Å²) in [6.07, 6.45) is 7.87. The number of hydrogen-bond acceptors (Lipinski definition) is 4. The molecule has 158 valence electrons. The summed E-state index contributed by atoms with van der Waals surface area (Å²) in [6.45, 7) is 2.89. The van der Waals surface area contributed by atoms with Crippen LogP contribution in [-0.2, 0) is 9.53 Å². The Bertz CT molecular complexity index is 826. The number of esters is 1. The highest BCUT2D eigenvalue weighted by Crippen LogP contribution is 2.81. The second kappa shape index (κ2) is 7.05. The fourth-order valence-electron chi connectivity index (χ4n) is 6.11. The Morgan fingerprint density at radius 3 is 2.66 bits per heavy atom. The van der Waals surface area contributed by atoms with Crippen molar-refractivity contribution in [3.63, 3.8) is 0 Å². The van der Waals surface area contributed by atoms with Gasteiger partial charge in [-0.3, -0.25) is 4.79 Å². The van der Waals surface area contributed by atoms with E-state index < -0.39 is 0 Å². The van der Waals surface area contributed by atoms with Crippen LogP contribution in [0.15, 0.2) is 17.0 Å². The van der Waals surface area contributed by atoms with Crippen LogP contribution in [0.2, 0.25) is 5.02 Å². The maximum absolute atomic E-state index is 14.8. The lowest BCUT2D eigenvalue weighted by atomic mass is 9.76. The molecule has 0 heterocycles. The molecule has 3 nitrogen and oxygen atoms in total. The number of carbonyl (C=O) groups excluding carboxylic acids is 1. The second-order valence-corrected chi connectivity index (χ2v) is 11.7. The van der Waals surface area contributed by atoms with E-state index in [4.69, 9.17) is 21.1 Å². The lowest BCUT2D eigenvalue weighted by molar-refractivity contribution is -0.144. The van der Waals surface area contributed by atoms with Gasteiger partial charge in [-0.1, -0.05) is 24.9 Å². The molecule has 0 saturated heterocycles. The monoisotopic (exact) mass is 438 g/mol. The van der Waals surface area contributed by atoms with E-state index in [0.717, 1.165) is 36.5 Å². The number of thioether (sulfide) groups is 1. The minimum atomic E-state index is -0.331. The van der Waals surface area contributed by atoms with Crippen molar-refractivity contribution < 1.29 is 18.7 Å². The Balaban J connectivity index is 1.24. The van der Waals surface area contributed by atoms with Gasteiger partial charge < -0.3 is 9.47 Å². The van der Waals surface area contributed by atoms with E-state index in [9.17, 15) is 9.18 Å². The predicted molar refractivity (Wildman–Crippen MR) is 112 cm³/mol. The van der Waals surface area contributed by atoms with Crippen molar-refractivity contribution in [1.82, 2.24) is 0 Å². The van der Waals surface area contributed by atoms with Crippen LogP contribution in [0, 0.1) is 34.4 Å². The number of hydrogen-bond donors (Lipinski definition) is 0.